The van der Waals surface area contributed by atoms with Crippen molar-refractivity contribution in [3.8, 4) is 17.0 Å². The van der Waals surface area contributed by atoms with Crippen LogP contribution in [0.5, 0.6) is 5.75 Å². The van der Waals surface area contributed by atoms with Gasteiger partial charge < -0.3 is 10.1 Å². The molecule has 0 saturated heterocycles. The lowest BCUT2D eigenvalue weighted by Gasteiger charge is -2.15. The van der Waals surface area contributed by atoms with Crippen LogP contribution in [-0.2, 0) is 0 Å². The highest BCUT2D eigenvalue weighted by Gasteiger charge is 2.19. The predicted molar refractivity (Wildman–Crippen MR) is 123 cm³/mol. The average Bonchev–Trinajstić information content (AvgIpc) is 2.78. The van der Waals surface area contributed by atoms with Crippen LogP contribution in [0, 0.1) is 6.92 Å². The molecule has 31 heavy (non-hydrogen) atoms. The summed E-state index contributed by atoms with van der Waals surface area (Å²) >= 11 is 0. The van der Waals surface area contributed by atoms with Crippen molar-refractivity contribution in [2.45, 2.75) is 13.8 Å². The number of methoxy groups -OCH3 is 1. The summed E-state index contributed by atoms with van der Waals surface area (Å²) in [5, 5.41) is 3.72. The molecule has 0 radical (unpaired) electrons. The van der Waals surface area contributed by atoms with Crippen LogP contribution in [0.3, 0.4) is 0 Å². The summed E-state index contributed by atoms with van der Waals surface area (Å²) < 4.78 is 5.25. The summed E-state index contributed by atoms with van der Waals surface area (Å²) in [5.74, 6) is 0.459. The van der Waals surface area contributed by atoms with Gasteiger partial charge in [0.2, 0.25) is 0 Å². The van der Waals surface area contributed by atoms with Crippen LogP contribution in [0.15, 0.2) is 72.8 Å². The number of ketones is 1. The molecule has 0 spiro atoms. The Balaban J connectivity index is 1.82. The number of fused-ring (bicyclic) bond motifs is 1. The minimum absolute atomic E-state index is 0.0524. The van der Waals surface area contributed by atoms with E-state index in [0.717, 1.165) is 33.5 Å². The van der Waals surface area contributed by atoms with Crippen LogP contribution < -0.4 is 10.1 Å². The van der Waals surface area contributed by atoms with Crippen molar-refractivity contribution in [2.75, 3.05) is 12.4 Å². The zero-order chi connectivity index (χ0) is 22.0. The molecule has 0 saturated carbocycles. The number of nitrogens with one attached hydrogen (secondary N) is 1. The van der Waals surface area contributed by atoms with Gasteiger partial charge in [-0.15, -0.1) is 0 Å². The maximum atomic E-state index is 13.4. The first kappa shape index (κ1) is 20.3. The van der Waals surface area contributed by atoms with E-state index < -0.39 is 0 Å². The molecule has 1 aromatic heterocycles. The van der Waals surface area contributed by atoms with Gasteiger partial charge in [0.25, 0.3) is 5.91 Å². The molecule has 1 heterocycles. The first-order valence-electron chi connectivity index (χ1n) is 9.94. The molecule has 154 valence electrons. The Hall–Kier alpha value is -3.99. The first-order chi connectivity index (χ1) is 15.0. The van der Waals surface area contributed by atoms with Crippen LogP contribution in [0.25, 0.3) is 22.2 Å². The Morgan fingerprint density at radius 1 is 0.935 bits per heavy atom. The Morgan fingerprint density at radius 3 is 2.39 bits per heavy atom. The molecular weight excluding hydrogens is 388 g/mol. The number of carbonyl (C=O) groups is 2. The van der Waals surface area contributed by atoms with Crippen molar-refractivity contribution < 1.29 is 14.3 Å². The van der Waals surface area contributed by atoms with E-state index in [4.69, 9.17) is 9.72 Å². The standard InChI is InChI=1S/C26H22N2O3/c1-16-24(26(30)27-20-8-6-7-19(15-20)17(2)29)22-9-4-5-10-23(22)28-25(16)18-11-13-21(31-3)14-12-18/h4-15H,1-3H3,(H,27,30). The van der Waals surface area contributed by atoms with Crippen molar-refractivity contribution >= 4 is 28.3 Å². The number of pyridine rings is 1. The van der Waals surface area contributed by atoms with Crippen molar-refractivity contribution in [3.05, 3.63) is 89.5 Å². The van der Waals surface area contributed by atoms with Gasteiger partial charge in [-0.2, -0.15) is 0 Å². The molecule has 0 fully saturated rings. The third kappa shape index (κ3) is 4.03. The van der Waals surface area contributed by atoms with Gasteiger partial charge in [-0.1, -0.05) is 30.3 Å². The first-order valence-corrected chi connectivity index (χ1v) is 9.94. The lowest BCUT2D eigenvalue weighted by molar-refractivity contribution is 0.101. The maximum Gasteiger partial charge on any atom is 0.256 e. The number of para-hydroxylation sites is 1. The second-order valence-electron chi connectivity index (χ2n) is 7.30. The van der Waals surface area contributed by atoms with Crippen molar-refractivity contribution in [2.24, 2.45) is 0 Å². The molecule has 5 nitrogen and oxygen atoms in total. The molecule has 0 bridgehead atoms. The highest BCUT2D eigenvalue weighted by molar-refractivity contribution is 6.14. The topological polar surface area (TPSA) is 68.3 Å². The highest BCUT2D eigenvalue weighted by atomic mass is 16.5. The molecule has 4 rings (SSSR count). The van der Waals surface area contributed by atoms with Crippen LogP contribution in [0.4, 0.5) is 5.69 Å². The Labute approximate surface area is 180 Å². The van der Waals surface area contributed by atoms with Gasteiger partial charge in [0.15, 0.2) is 5.78 Å². The van der Waals surface area contributed by atoms with E-state index in [1.807, 2.05) is 55.5 Å². The molecule has 1 amide bonds. The molecule has 5 heteroatoms. The van der Waals surface area contributed by atoms with E-state index in [9.17, 15) is 9.59 Å². The lowest BCUT2D eigenvalue weighted by Crippen LogP contribution is -2.15. The predicted octanol–water partition coefficient (Wildman–Crippen LogP) is 5.67. The Bertz CT molecular complexity index is 1290. The number of benzene rings is 3. The van der Waals surface area contributed by atoms with E-state index in [0.29, 0.717) is 16.8 Å². The number of anilines is 1. The summed E-state index contributed by atoms with van der Waals surface area (Å²) in [6.07, 6.45) is 0. The normalized spacial score (nSPS) is 10.7. The summed E-state index contributed by atoms with van der Waals surface area (Å²) in [6.45, 7) is 3.41. The highest BCUT2D eigenvalue weighted by Crippen LogP contribution is 2.31. The van der Waals surface area contributed by atoms with Gasteiger partial charge in [0.05, 0.1) is 23.9 Å². The fraction of sp³-hybridized carbons (Fsp3) is 0.115. The fourth-order valence-corrected chi connectivity index (χ4v) is 3.64. The number of ether oxygens (including phenoxy) is 1. The number of nitrogens with zero attached hydrogens (tertiary/aromatic N) is 1. The quantitative estimate of drug-likeness (QED) is 0.430. The molecule has 0 aliphatic rings. The summed E-state index contributed by atoms with van der Waals surface area (Å²) in [4.78, 5) is 29.9. The van der Waals surface area contributed by atoms with E-state index in [2.05, 4.69) is 5.32 Å². The van der Waals surface area contributed by atoms with E-state index >= 15 is 0 Å². The molecular formula is C26H22N2O3. The van der Waals surface area contributed by atoms with Gasteiger partial charge in [0.1, 0.15) is 5.75 Å². The van der Waals surface area contributed by atoms with Crippen LogP contribution in [0.1, 0.15) is 33.2 Å². The van der Waals surface area contributed by atoms with E-state index in [-0.39, 0.29) is 11.7 Å². The van der Waals surface area contributed by atoms with E-state index in [1.165, 1.54) is 6.92 Å². The molecule has 4 aromatic rings. The number of aromatic nitrogens is 1. The van der Waals surface area contributed by atoms with Crippen molar-refractivity contribution in [1.29, 1.82) is 0 Å². The number of hydrogen-bond donors (Lipinski definition) is 1. The monoisotopic (exact) mass is 410 g/mol. The molecule has 0 aliphatic heterocycles. The zero-order valence-corrected chi connectivity index (χ0v) is 17.6. The van der Waals surface area contributed by atoms with Gasteiger partial charge in [-0.25, -0.2) is 4.98 Å². The smallest absolute Gasteiger partial charge is 0.256 e. The third-order valence-corrected chi connectivity index (χ3v) is 5.25. The molecule has 0 atom stereocenters. The second kappa shape index (κ2) is 8.40. The average molecular weight is 410 g/mol. The number of rotatable bonds is 5. The number of Topliss-reactive ketones (excluding diaryl/α,β-unsaturated/α-hetero) is 1. The summed E-state index contributed by atoms with van der Waals surface area (Å²) in [6, 6.07) is 22.1. The number of hydrogen-bond acceptors (Lipinski definition) is 4. The Kier molecular flexibility index (Phi) is 5.50. The van der Waals surface area contributed by atoms with E-state index in [1.54, 1.807) is 31.4 Å². The number of amides is 1. The van der Waals surface area contributed by atoms with Gasteiger partial charge in [-0.3, -0.25) is 9.59 Å². The minimum atomic E-state index is -0.244. The summed E-state index contributed by atoms with van der Waals surface area (Å²) in [7, 11) is 1.62. The molecule has 0 aliphatic carbocycles. The zero-order valence-electron chi connectivity index (χ0n) is 17.6. The molecule has 1 N–H and O–H groups in total. The Morgan fingerprint density at radius 2 is 1.68 bits per heavy atom. The summed E-state index contributed by atoms with van der Waals surface area (Å²) in [5.41, 5.74) is 4.84. The fourth-order valence-electron chi connectivity index (χ4n) is 3.64. The number of carbonyl (C=O) groups excluding carboxylic acids is 2. The van der Waals surface area contributed by atoms with Crippen LogP contribution in [-0.4, -0.2) is 23.8 Å². The second-order valence-corrected chi connectivity index (χ2v) is 7.30. The van der Waals surface area contributed by atoms with Crippen molar-refractivity contribution in [1.82, 2.24) is 4.98 Å². The maximum absolute atomic E-state index is 13.4. The molecule has 3 aromatic carbocycles. The SMILES string of the molecule is COc1ccc(-c2nc3ccccc3c(C(=O)Nc3cccc(C(C)=O)c3)c2C)cc1. The van der Waals surface area contributed by atoms with Gasteiger partial charge in [0, 0.05) is 22.2 Å². The van der Waals surface area contributed by atoms with Crippen molar-refractivity contribution in [3.63, 3.8) is 0 Å². The third-order valence-electron chi connectivity index (χ3n) is 5.25. The largest absolute Gasteiger partial charge is 0.497 e. The van der Waals surface area contributed by atoms with Gasteiger partial charge in [-0.05, 0) is 61.9 Å². The lowest BCUT2D eigenvalue weighted by atomic mass is 9.97. The van der Waals surface area contributed by atoms with Crippen LogP contribution in [0.2, 0.25) is 0 Å². The molecule has 0 unspecified atom stereocenters. The minimum Gasteiger partial charge on any atom is -0.497 e. The van der Waals surface area contributed by atoms with Gasteiger partial charge >= 0.3 is 0 Å². The van der Waals surface area contributed by atoms with Crippen LogP contribution >= 0.6 is 0 Å².